The quantitative estimate of drug-likeness (QED) is 0.618. The number of rotatable bonds is 1. The van der Waals surface area contributed by atoms with E-state index >= 15 is 0 Å². The minimum Gasteiger partial charge on any atom is -0.343 e. The number of aromatic nitrogens is 5. The van der Waals surface area contributed by atoms with E-state index < -0.39 is 0 Å². The van der Waals surface area contributed by atoms with Crippen molar-refractivity contribution < 1.29 is 0 Å². The molecule has 3 aromatic rings. The molecule has 0 fully saturated rings. The normalized spacial score (nSPS) is 10.9. The molecule has 0 radical (unpaired) electrons. The average molecular weight is 185 g/mol. The van der Waals surface area contributed by atoms with Crippen molar-refractivity contribution >= 4 is 11.2 Å². The number of pyridine rings is 1. The first-order valence-corrected chi connectivity index (χ1v) is 4.22. The molecule has 1 N–H and O–H groups in total. The standard InChI is InChI=1S/C9H7N5/c1-2-13-14(3-1)7-4-8-9(10-5-7)12-6-11-8/h1-6H,(H,10,11,12). The van der Waals surface area contributed by atoms with Gasteiger partial charge in [0.25, 0.3) is 0 Å². The fraction of sp³-hybridized carbons (Fsp3) is 0. The first-order valence-electron chi connectivity index (χ1n) is 4.22. The molecule has 0 aliphatic carbocycles. The zero-order valence-electron chi connectivity index (χ0n) is 7.25. The summed E-state index contributed by atoms with van der Waals surface area (Å²) in [7, 11) is 0. The Balaban J connectivity index is 2.23. The van der Waals surface area contributed by atoms with E-state index in [0.29, 0.717) is 0 Å². The van der Waals surface area contributed by atoms with Gasteiger partial charge >= 0.3 is 0 Å². The van der Waals surface area contributed by atoms with Gasteiger partial charge in [0.2, 0.25) is 0 Å². The van der Waals surface area contributed by atoms with Gasteiger partial charge in [-0.1, -0.05) is 0 Å². The van der Waals surface area contributed by atoms with Crippen LogP contribution >= 0.6 is 0 Å². The largest absolute Gasteiger partial charge is 0.343 e. The number of hydrogen-bond acceptors (Lipinski definition) is 3. The van der Waals surface area contributed by atoms with Crippen LogP contribution in [0, 0.1) is 0 Å². The van der Waals surface area contributed by atoms with Gasteiger partial charge in [0, 0.05) is 12.4 Å². The first kappa shape index (κ1) is 7.25. The van der Waals surface area contributed by atoms with Crippen molar-refractivity contribution in [2.75, 3.05) is 0 Å². The van der Waals surface area contributed by atoms with E-state index in [1.165, 1.54) is 0 Å². The highest BCUT2D eigenvalue weighted by molar-refractivity contribution is 5.71. The third-order valence-corrected chi connectivity index (χ3v) is 2.03. The predicted octanol–water partition coefficient (Wildman–Crippen LogP) is 1.14. The second kappa shape index (κ2) is 2.66. The average Bonchev–Trinajstić information content (AvgIpc) is 2.88. The molecule has 0 amide bonds. The van der Waals surface area contributed by atoms with Gasteiger partial charge < -0.3 is 4.98 Å². The van der Waals surface area contributed by atoms with E-state index in [-0.39, 0.29) is 0 Å². The second-order valence-corrected chi connectivity index (χ2v) is 2.92. The molecule has 68 valence electrons. The number of fused-ring (bicyclic) bond motifs is 1. The van der Waals surface area contributed by atoms with Crippen molar-refractivity contribution in [3.05, 3.63) is 37.1 Å². The molecule has 0 bridgehead atoms. The summed E-state index contributed by atoms with van der Waals surface area (Å²) in [6, 6.07) is 3.83. The molecule has 0 aliphatic heterocycles. The zero-order chi connectivity index (χ0) is 9.38. The zero-order valence-corrected chi connectivity index (χ0v) is 7.25. The Kier molecular flexibility index (Phi) is 1.38. The van der Waals surface area contributed by atoms with Crippen molar-refractivity contribution in [1.82, 2.24) is 24.7 Å². The van der Waals surface area contributed by atoms with E-state index in [2.05, 4.69) is 20.1 Å². The lowest BCUT2D eigenvalue weighted by Gasteiger charge is -1.98. The third kappa shape index (κ3) is 0.990. The number of nitrogens with zero attached hydrogens (tertiary/aromatic N) is 4. The molecule has 0 saturated carbocycles. The topological polar surface area (TPSA) is 59.4 Å². The molecule has 5 nitrogen and oxygen atoms in total. The maximum atomic E-state index is 4.19. The highest BCUT2D eigenvalue weighted by atomic mass is 15.3. The molecule has 0 atom stereocenters. The van der Waals surface area contributed by atoms with Gasteiger partial charge in [0.1, 0.15) is 0 Å². The van der Waals surface area contributed by atoms with E-state index in [9.17, 15) is 0 Å². The number of hydrogen-bond donors (Lipinski definition) is 1. The maximum absolute atomic E-state index is 4.19. The monoisotopic (exact) mass is 185 g/mol. The van der Waals surface area contributed by atoms with Crippen molar-refractivity contribution in [1.29, 1.82) is 0 Å². The highest BCUT2D eigenvalue weighted by Crippen LogP contribution is 2.11. The van der Waals surface area contributed by atoms with Gasteiger partial charge in [-0.05, 0) is 12.1 Å². The summed E-state index contributed by atoms with van der Waals surface area (Å²) in [6.07, 6.45) is 6.98. The summed E-state index contributed by atoms with van der Waals surface area (Å²) in [5.41, 5.74) is 2.56. The minimum absolute atomic E-state index is 0.723. The summed E-state index contributed by atoms with van der Waals surface area (Å²) < 4.78 is 1.76. The Morgan fingerprint density at radius 1 is 1.29 bits per heavy atom. The Bertz CT molecular complexity index is 551. The molecular formula is C9H7N5. The SMILES string of the molecule is c1cnn(-c2cnc3nc[nH]c3c2)c1. The van der Waals surface area contributed by atoms with Gasteiger partial charge in [0.15, 0.2) is 5.65 Å². The number of aromatic amines is 1. The van der Waals surface area contributed by atoms with Gasteiger partial charge in [-0.25, -0.2) is 14.6 Å². The lowest BCUT2D eigenvalue weighted by molar-refractivity contribution is 0.876. The van der Waals surface area contributed by atoms with Crippen LogP contribution in [0.3, 0.4) is 0 Å². The molecular weight excluding hydrogens is 178 g/mol. The lowest BCUT2D eigenvalue weighted by atomic mass is 10.4. The Morgan fingerprint density at radius 2 is 2.29 bits per heavy atom. The van der Waals surface area contributed by atoms with E-state index in [4.69, 9.17) is 0 Å². The molecule has 14 heavy (non-hydrogen) atoms. The van der Waals surface area contributed by atoms with Gasteiger partial charge in [-0.15, -0.1) is 0 Å². The van der Waals surface area contributed by atoms with E-state index in [1.807, 2.05) is 18.3 Å². The summed E-state index contributed by atoms with van der Waals surface area (Å²) in [5, 5.41) is 4.12. The van der Waals surface area contributed by atoms with Crippen molar-refractivity contribution in [3.8, 4) is 5.69 Å². The van der Waals surface area contributed by atoms with Crippen LogP contribution in [0.5, 0.6) is 0 Å². The van der Waals surface area contributed by atoms with E-state index in [1.54, 1.807) is 23.4 Å². The summed E-state index contributed by atoms with van der Waals surface area (Å²) in [5.74, 6) is 0. The fourth-order valence-electron chi connectivity index (χ4n) is 1.37. The van der Waals surface area contributed by atoms with Gasteiger partial charge in [-0.3, -0.25) is 0 Å². The fourth-order valence-corrected chi connectivity index (χ4v) is 1.37. The van der Waals surface area contributed by atoms with Crippen LogP contribution in [0.4, 0.5) is 0 Å². The summed E-state index contributed by atoms with van der Waals surface area (Å²) in [4.78, 5) is 11.2. The Labute approximate surface area is 79.4 Å². The highest BCUT2D eigenvalue weighted by Gasteiger charge is 2.00. The van der Waals surface area contributed by atoms with Crippen LogP contribution in [-0.4, -0.2) is 24.7 Å². The van der Waals surface area contributed by atoms with Crippen LogP contribution in [-0.2, 0) is 0 Å². The number of imidazole rings is 1. The third-order valence-electron chi connectivity index (χ3n) is 2.03. The molecule has 3 heterocycles. The molecule has 0 spiro atoms. The summed E-state index contributed by atoms with van der Waals surface area (Å²) >= 11 is 0. The minimum atomic E-state index is 0.723. The predicted molar refractivity (Wildman–Crippen MR) is 51.0 cm³/mol. The molecule has 3 rings (SSSR count). The second-order valence-electron chi connectivity index (χ2n) is 2.92. The van der Waals surface area contributed by atoms with Crippen LogP contribution in [0.1, 0.15) is 0 Å². The molecule has 0 aromatic carbocycles. The molecule has 0 unspecified atom stereocenters. The van der Waals surface area contributed by atoms with Crippen LogP contribution in [0.2, 0.25) is 0 Å². The molecule has 3 aromatic heterocycles. The molecule has 0 saturated heterocycles. The Hall–Kier alpha value is -2.17. The van der Waals surface area contributed by atoms with Crippen molar-refractivity contribution in [2.45, 2.75) is 0 Å². The maximum Gasteiger partial charge on any atom is 0.177 e. The smallest absolute Gasteiger partial charge is 0.177 e. The molecule has 0 aliphatic rings. The Morgan fingerprint density at radius 3 is 3.14 bits per heavy atom. The van der Waals surface area contributed by atoms with Crippen LogP contribution < -0.4 is 0 Å². The van der Waals surface area contributed by atoms with Crippen molar-refractivity contribution in [3.63, 3.8) is 0 Å². The molecule has 5 heteroatoms. The van der Waals surface area contributed by atoms with Gasteiger partial charge in [0.05, 0.1) is 23.7 Å². The van der Waals surface area contributed by atoms with Crippen LogP contribution in [0.15, 0.2) is 37.1 Å². The van der Waals surface area contributed by atoms with Crippen LogP contribution in [0.25, 0.3) is 16.9 Å². The summed E-state index contributed by atoms with van der Waals surface area (Å²) in [6.45, 7) is 0. The lowest BCUT2D eigenvalue weighted by Crippen LogP contribution is -1.94. The van der Waals surface area contributed by atoms with Crippen molar-refractivity contribution in [2.24, 2.45) is 0 Å². The number of nitrogens with one attached hydrogen (secondary N) is 1. The van der Waals surface area contributed by atoms with Gasteiger partial charge in [-0.2, -0.15) is 5.10 Å². The van der Waals surface area contributed by atoms with E-state index in [0.717, 1.165) is 16.9 Å². The first-order chi connectivity index (χ1) is 6.93. The number of H-pyrrole nitrogens is 1.